The van der Waals surface area contributed by atoms with E-state index in [0.717, 1.165) is 22.3 Å². The van der Waals surface area contributed by atoms with Gasteiger partial charge >= 0.3 is 0 Å². The van der Waals surface area contributed by atoms with Crippen LogP contribution in [0.2, 0.25) is 0 Å². The molecule has 3 aromatic rings. The predicted molar refractivity (Wildman–Crippen MR) is 81.6 cm³/mol. The minimum atomic E-state index is 0.463. The number of nitrogens with one attached hydrogen (secondary N) is 1. The highest BCUT2D eigenvalue weighted by molar-refractivity contribution is 6.07. The Hall–Kier alpha value is -2.95. The molecular weight excluding hydrogens is 264 g/mol. The monoisotopic (exact) mass is 276 g/mol. The Kier molecular flexibility index (Phi) is 2.74. The topological polar surface area (TPSA) is 59.4 Å². The Labute approximate surface area is 121 Å². The molecule has 0 radical (unpaired) electrons. The number of rotatable bonds is 1. The summed E-state index contributed by atoms with van der Waals surface area (Å²) in [6, 6.07) is 17.4. The van der Waals surface area contributed by atoms with E-state index < -0.39 is 0 Å². The molecule has 0 unspecified atom stereocenters. The van der Waals surface area contributed by atoms with Crippen LogP contribution in [0.3, 0.4) is 0 Å². The van der Waals surface area contributed by atoms with Crippen LogP contribution in [-0.4, -0.2) is 22.8 Å². The van der Waals surface area contributed by atoms with Gasteiger partial charge in [-0.3, -0.25) is 0 Å². The van der Waals surface area contributed by atoms with Crippen molar-refractivity contribution in [1.29, 1.82) is 0 Å². The first-order chi connectivity index (χ1) is 10.4. The zero-order valence-electron chi connectivity index (χ0n) is 11.2. The molecule has 0 fully saturated rings. The molecule has 0 saturated heterocycles. The van der Waals surface area contributed by atoms with E-state index >= 15 is 0 Å². The molecule has 4 rings (SSSR count). The lowest BCUT2D eigenvalue weighted by molar-refractivity contribution is 0.544. The van der Waals surface area contributed by atoms with Gasteiger partial charge in [0.1, 0.15) is 12.4 Å². The average molecular weight is 276 g/mol. The fraction of sp³-hybridized carbons (Fsp3) is 0.0625. The number of aromatic nitrogens is 2. The van der Waals surface area contributed by atoms with E-state index in [1.165, 1.54) is 0 Å². The Bertz CT molecular complexity index is 830. The summed E-state index contributed by atoms with van der Waals surface area (Å²) in [5.41, 5.74) is 2.41. The summed E-state index contributed by atoms with van der Waals surface area (Å²) in [5, 5.41) is 12.8. The maximum atomic E-state index is 5.84. The lowest BCUT2D eigenvalue weighted by Crippen LogP contribution is -2.22. The molecule has 0 atom stereocenters. The van der Waals surface area contributed by atoms with Gasteiger partial charge in [-0.05, 0) is 18.2 Å². The zero-order valence-corrected chi connectivity index (χ0v) is 11.2. The van der Waals surface area contributed by atoms with Crippen molar-refractivity contribution in [3.05, 3.63) is 60.3 Å². The van der Waals surface area contributed by atoms with Gasteiger partial charge < -0.3 is 10.1 Å². The van der Waals surface area contributed by atoms with E-state index in [4.69, 9.17) is 4.74 Å². The molecule has 5 nitrogen and oxygen atoms in total. The maximum absolute atomic E-state index is 5.84. The van der Waals surface area contributed by atoms with Gasteiger partial charge in [0.05, 0.1) is 11.2 Å². The van der Waals surface area contributed by atoms with Crippen LogP contribution in [0.5, 0.6) is 5.75 Å². The molecule has 0 amide bonds. The molecule has 2 heterocycles. The summed E-state index contributed by atoms with van der Waals surface area (Å²) >= 11 is 0. The Morgan fingerprint density at radius 2 is 1.71 bits per heavy atom. The Morgan fingerprint density at radius 1 is 0.905 bits per heavy atom. The molecule has 1 aromatic heterocycles. The van der Waals surface area contributed by atoms with Crippen LogP contribution >= 0.6 is 0 Å². The normalized spacial score (nSPS) is 13.2. The second-order valence-corrected chi connectivity index (χ2v) is 4.65. The molecule has 5 heteroatoms. The molecule has 1 aliphatic heterocycles. The van der Waals surface area contributed by atoms with Crippen LogP contribution in [0.25, 0.3) is 10.9 Å². The third kappa shape index (κ3) is 2.08. The molecule has 0 bridgehead atoms. The Balaban J connectivity index is 1.80. The van der Waals surface area contributed by atoms with Gasteiger partial charge in [0, 0.05) is 5.39 Å². The standard InChI is InChI=1S/C16H12N4O/c1-2-6-11(7-3-1)21-16-15-14(17-10-18-16)12-8-4-5-9-13(12)19-20-15/h1-9,17H,10H2. The van der Waals surface area contributed by atoms with Crippen LogP contribution < -0.4 is 10.1 Å². The van der Waals surface area contributed by atoms with E-state index in [-0.39, 0.29) is 0 Å². The van der Waals surface area contributed by atoms with Gasteiger partial charge in [0.25, 0.3) is 0 Å². The lowest BCUT2D eigenvalue weighted by Gasteiger charge is -2.18. The van der Waals surface area contributed by atoms with Crippen molar-refractivity contribution in [2.75, 3.05) is 12.0 Å². The number of aliphatic imine (C=N–C) groups is 1. The minimum Gasteiger partial charge on any atom is -0.437 e. The predicted octanol–water partition coefficient (Wildman–Crippen LogP) is 2.84. The van der Waals surface area contributed by atoms with E-state index in [0.29, 0.717) is 18.3 Å². The van der Waals surface area contributed by atoms with Crippen LogP contribution in [0, 0.1) is 0 Å². The van der Waals surface area contributed by atoms with Crippen LogP contribution in [0.15, 0.2) is 59.6 Å². The van der Waals surface area contributed by atoms with Crippen molar-refractivity contribution in [1.82, 2.24) is 10.2 Å². The van der Waals surface area contributed by atoms with E-state index in [1.54, 1.807) is 0 Å². The largest absolute Gasteiger partial charge is 0.437 e. The van der Waals surface area contributed by atoms with Crippen molar-refractivity contribution in [2.24, 2.45) is 4.99 Å². The number of hydrogen-bond acceptors (Lipinski definition) is 5. The van der Waals surface area contributed by atoms with Gasteiger partial charge in [0.15, 0.2) is 5.69 Å². The molecule has 0 saturated carbocycles. The zero-order chi connectivity index (χ0) is 14.1. The fourth-order valence-corrected chi connectivity index (χ4v) is 2.33. The average Bonchev–Trinajstić information content (AvgIpc) is 2.56. The first kappa shape index (κ1) is 11.8. The van der Waals surface area contributed by atoms with Gasteiger partial charge in [-0.2, -0.15) is 0 Å². The number of hydrogen-bond donors (Lipinski definition) is 1. The van der Waals surface area contributed by atoms with Crippen LogP contribution in [0.1, 0.15) is 5.69 Å². The number of ether oxygens (including phenoxy) is 1. The first-order valence-electron chi connectivity index (χ1n) is 6.69. The van der Waals surface area contributed by atoms with Crippen LogP contribution in [0.4, 0.5) is 5.69 Å². The van der Waals surface area contributed by atoms with Crippen molar-refractivity contribution in [2.45, 2.75) is 0 Å². The summed E-state index contributed by atoms with van der Waals surface area (Å²) in [5.74, 6) is 1.23. The van der Waals surface area contributed by atoms with Crippen molar-refractivity contribution >= 4 is 22.5 Å². The first-order valence-corrected chi connectivity index (χ1v) is 6.69. The van der Waals surface area contributed by atoms with Gasteiger partial charge in [0.2, 0.25) is 5.90 Å². The van der Waals surface area contributed by atoms with Gasteiger partial charge in [-0.15, -0.1) is 10.2 Å². The van der Waals surface area contributed by atoms with Gasteiger partial charge in [-0.1, -0.05) is 36.4 Å². The van der Waals surface area contributed by atoms with E-state index in [1.807, 2.05) is 54.6 Å². The molecule has 1 aliphatic rings. The highest BCUT2D eigenvalue weighted by Crippen LogP contribution is 2.27. The van der Waals surface area contributed by atoms with Gasteiger partial charge in [-0.25, -0.2) is 4.99 Å². The Morgan fingerprint density at radius 3 is 2.62 bits per heavy atom. The van der Waals surface area contributed by atoms with Crippen LogP contribution in [-0.2, 0) is 0 Å². The molecule has 2 aromatic carbocycles. The van der Waals surface area contributed by atoms with Crippen molar-refractivity contribution in [3.8, 4) is 5.75 Å². The smallest absolute Gasteiger partial charge is 0.246 e. The molecule has 21 heavy (non-hydrogen) atoms. The number of para-hydroxylation sites is 1. The van der Waals surface area contributed by atoms with Crippen molar-refractivity contribution in [3.63, 3.8) is 0 Å². The molecule has 0 aliphatic carbocycles. The number of fused-ring (bicyclic) bond motifs is 3. The van der Waals surface area contributed by atoms with E-state index in [2.05, 4.69) is 20.5 Å². The number of nitrogens with zero attached hydrogens (tertiary/aromatic N) is 3. The summed E-state index contributed by atoms with van der Waals surface area (Å²) in [6.07, 6.45) is 0. The summed E-state index contributed by atoms with van der Waals surface area (Å²) < 4.78 is 5.84. The SMILES string of the molecule is c1ccc(OC2=NCNc3c2nnc2ccccc32)cc1. The second-order valence-electron chi connectivity index (χ2n) is 4.65. The molecular formula is C16H12N4O. The highest BCUT2D eigenvalue weighted by atomic mass is 16.5. The van der Waals surface area contributed by atoms with Crippen molar-refractivity contribution < 1.29 is 4.74 Å². The van der Waals surface area contributed by atoms with E-state index in [9.17, 15) is 0 Å². The fourth-order valence-electron chi connectivity index (χ4n) is 2.33. The lowest BCUT2D eigenvalue weighted by atomic mass is 10.1. The molecule has 0 spiro atoms. The maximum Gasteiger partial charge on any atom is 0.246 e. The molecule has 1 N–H and O–H groups in total. The number of anilines is 1. The molecule has 102 valence electrons. The number of benzene rings is 2. The third-order valence-corrected chi connectivity index (χ3v) is 3.31. The summed E-state index contributed by atoms with van der Waals surface area (Å²) in [7, 11) is 0. The second kappa shape index (κ2) is 4.86. The quantitative estimate of drug-likeness (QED) is 0.742. The summed E-state index contributed by atoms with van der Waals surface area (Å²) in [4.78, 5) is 4.35. The third-order valence-electron chi connectivity index (χ3n) is 3.31. The highest BCUT2D eigenvalue weighted by Gasteiger charge is 2.20. The minimum absolute atomic E-state index is 0.463. The summed E-state index contributed by atoms with van der Waals surface area (Å²) in [6.45, 7) is 0.463.